The predicted molar refractivity (Wildman–Crippen MR) is 70.5 cm³/mol. The highest BCUT2D eigenvalue weighted by atomic mass is 16.5. The third-order valence-electron chi connectivity index (χ3n) is 2.76. The molecule has 0 saturated carbocycles. The summed E-state index contributed by atoms with van der Waals surface area (Å²) in [6.45, 7) is 0. The van der Waals surface area contributed by atoms with Gasteiger partial charge in [-0.15, -0.1) is 0 Å². The fraction of sp³-hybridized carbons (Fsp3) is 0.0714. The second-order valence-corrected chi connectivity index (χ2v) is 4.08. The number of rotatable bonds is 2. The maximum absolute atomic E-state index is 5.66. The minimum atomic E-state index is 0.531. The van der Waals surface area contributed by atoms with Gasteiger partial charge in [-0.25, -0.2) is 4.98 Å². The zero-order chi connectivity index (χ0) is 12.5. The third kappa shape index (κ3) is 1.88. The molecule has 2 aromatic heterocycles. The minimum absolute atomic E-state index is 0.531. The van der Waals surface area contributed by atoms with Crippen LogP contribution in [0.5, 0.6) is 11.6 Å². The van der Waals surface area contributed by atoms with E-state index < -0.39 is 0 Å². The van der Waals surface area contributed by atoms with Crippen molar-refractivity contribution < 1.29 is 4.74 Å². The van der Waals surface area contributed by atoms with E-state index in [1.165, 1.54) is 0 Å². The van der Waals surface area contributed by atoms with Gasteiger partial charge in [0.2, 0.25) is 5.88 Å². The van der Waals surface area contributed by atoms with E-state index in [4.69, 9.17) is 10.5 Å². The predicted octanol–water partition coefficient (Wildman–Crippen LogP) is 2.75. The largest absolute Gasteiger partial charge is 0.439 e. The standard InChI is InChI=1S/C14H12N3O/c1-17-7-6-10-8-12(3-4-13(10)17)18-14-5-2-11(15)9-16-14/h2-6,8-9H,15H2,1H3. The van der Waals surface area contributed by atoms with Gasteiger partial charge in [0.15, 0.2) is 0 Å². The van der Waals surface area contributed by atoms with Gasteiger partial charge >= 0.3 is 0 Å². The summed E-state index contributed by atoms with van der Waals surface area (Å²) in [6, 6.07) is 11.3. The van der Waals surface area contributed by atoms with Crippen molar-refractivity contribution in [1.82, 2.24) is 9.55 Å². The van der Waals surface area contributed by atoms with E-state index in [0.29, 0.717) is 11.6 Å². The molecule has 3 aromatic rings. The fourth-order valence-electron chi connectivity index (χ4n) is 1.83. The summed E-state index contributed by atoms with van der Waals surface area (Å²) in [7, 11) is 1.96. The minimum Gasteiger partial charge on any atom is -0.439 e. The number of nitrogens with two attached hydrogens (primary N) is 1. The molecule has 1 radical (unpaired) electrons. The van der Waals surface area contributed by atoms with Gasteiger partial charge in [-0.2, -0.15) is 0 Å². The molecule has 3 rings (SSSR count). The summed E-state index contributed by atoms with van der Waals surface area (Å²) < 4.78 is 7.61. The van der Waals surface area contributed by atoms with Crippen LogP contribution < -0.4 is 10.5 Å². The molecular formula is C14H12N3O. The number of nitrogens with zero attached hydrogens (tertiary/aromatic N) is 2. The zero-order valence-corrected chi connectivity index (χ0v) is 9.92. The van der Waals surface area contributed by atoms with Crippen LogP contribution in [0.1, 0.15) is 0 Å². The lowest BCUT2D eigenvalue weighted by atomic mass is 10.2. The molecule has 0 aliphatic rings. The van der Waals surface area contributed by atoms with Crippen LogP contribution in [0, 0.1) is 6.20 Å². The van der Waals surface area contributed by atoms with Gasteiger partial charge < -0.3 is 15.0 Å². The molecule has 4 nitrogen and oxygen atoms in total. The molecule has 2 N–H and O–H groups in total. The number of hydrogen-bond donors (Lipinski definition) is 1. The molecule has 0 atom stereocenters. The first kappa shape index (κ1) is 10.7. The molecule has 2 heterocycles. The molecule has 0 aliphatic heterocycles. The molecule has 1 aromatic carbocycles. The summed E-state index contributed by atoms with van der Waals surface area (Å²) in [5, 5.41) is 1.09. The molecule has 0 amide bonds. The number of ether oxygens (including phenoxy) is 1. The quantitative estimate of drug-likeness (QED) is 0.746. The summed E-state index contributed by atoms with van der Waals surface area (Å²) in [6.07, 6.45) is 4.68. The molecule has 4 heteroatoms. The molecule has 18 heavy (non-hydrogen) atoms. The van der Waals surface area contributed by atoms with E-state index in [0.717, 1.165) is 16.7 Å². The Bertz CT molecular complexity index is 686. The summed E-state index contributed by atoms with van der Waals surface area (Å²) >= 11 is 0. The van der Waals surface area contributed by atoms with E-state index in [2.05, 4.69) is 11.2 Å². The van der Waals surface area contributed by atoms with Crippen molar-refractivity contribution in [3.8, 4) is 11.6 Å². The van der Waals surface area contributed by atoms with Gasteiger partial charge in [0.1, 0.15) is 5.75 Å². The second kappa shape index (κ2) is 4.07. The van der Waals surface area contributed by atoms with E-state index in [9.17, 15) is 0 Å². The van der Waals surface area contributed by atoms with Crippen molar-refractivity contribution >= 4 is 16.6 Å². The number of nitrogen functional groups attached to an aromatic ring is 1. The Morgan fingerprint density at radius 3 is 2.94 bits per heavy atom. The smallest absolute Gasteiger partial charge is 0.219 e. The zero-order valence-electron chi connectivity index (χ0n) is 9.92. The summed E-state index contributed by atoms with van der Waals surface area (Å²) in [4.78, 5) is 4.10. The number of benzene rings is 1. The van der Waals surface area contributed by atoms with Crippen LogP contribution in [0.4, 0.5) is 5.69 Å². The van der Waals surface area contributed by atoms with Crippen LogP contribution in [0.2, 0.25) is 0 Å². The number of fused-ring (bicyclic) bond motifs is 1. The Hall–Kier alpha value is -2.49. The van der Waals surface area contributed by atoms with Crippen LogP contribution in [-0.4, -0.2) is 9.55 Å². The number of hydrogen-bond acceptors (Lipinski definition) is 3. The topological polar surface area (TPSA) is 53.1 Å². The van der Waals surface area contributed by atoms with Crippen molar-refractivity contribution in [2.24, 2.45) is 7.05 Å². The van der Waals surface area contributed by atoms with E-state index in [1.807, 2.05) is 35.9 Å². The van der Waals surface area contributed by atoms with Crippen LogP contribution in [0.15, 0.2) is 42.6 Å². The van der Waals surface area contributed by atoms with E-state index >= 15 is 0 Å². The molecule has 0 unspecified atom stereocenters. The maximum Gasteiger partial charge on any atom is 0.219 e. The van der Waals surface area contributed by atoms with Gasteiger partial charge in [0.25, 0.3) is 0 Å². The lowest BCUT2D eigenvalue weighted by Gasteiger charge is -2.05. The maximum atomic E-state index is 5.66. The molecule has 0 saturated heterocycles. The highest BCUT2D eigenvalue weighted by molar-refractivity contribution is 5.81. The molecule has 0 spiro atoms. The Balaban J connectivity index is 1.92. The van der Waals surface area contributed by atoms with E-state index in [-0.39, 0.29) is 0 Å². The normalized spacial score (nSPS) is 10.7. The second-order valence-electron chi connectivity index (χ2n) is 4.08. The Kier molecular flexibility index (Phi) is 2.41. The van der Waals surface area contributed by atoms with Crippen LogP contribution in [-0.2, 0) is 7.05 Å². The molecule has 0 aliphatic carbocycles. The van der Waals surface area contributed by atoms with Crippen LogP contribution >= 0.6 is 0 Å². The van der Waals surface area contributed by atoms with Crippen molar-refractivity contribution in [3.05, 3.63) is 48.8 Å². The monoisotopic (exact) mass is 238 g/mol. The highest BCUT2D eigenvalue weighted by Gasteiger charge is 2.02. The van der Waals surface area contributed by atoms with Crippen molar-refractivity contribution in [2.75, 3.05) is 5.73 Å². The average molecular weight is 238 g/mol. The van der Waals surface area contributed by atoms with Crippen molar-refractivity contribution in [2.45, 2.75) is 0 Å². The summed E-state index contributed by atoms with van der Waals surface area (Å²) in [5.41, 5.74) is 7.31. The molecular weight excluding hydrogens is 226 g/mol. The van der Waals surface area contributed by atoms with Gasteiger partial charge in [0, 0.05) is 24.0 Å². The fourth-order valence-corrected chi connectivity index (χ4v) is 1.83. The van der Waals surface area contributed by atoms with Gasteiger partial charge in [0.05, 0.1) is 18.1 Å². The van der Waals surface area contributed by atoms with Crippen molar-refractivity contribution in [1.29, 1.82) is 0 Å². The lowest BCUT2D eigenvalue weighted by Crippen LogP contribution is -1.90. The van der Waals surface area contributed by atoms with Gasteiger partial charge in [-0.3, -0.25) is 0 Å². The Labute approximate surface area is 105 Å². The van der Waals surface area contributed by atoms with Crippen molar-refractivity contribution in [3.63, 3.8) is 0 Å². The first-order chi connectivity index (χ1) is 8.72. The number of aryl methyl sites for hydroxylation is 1. The number of pyridine rings is 1. The average Bonchev–Trinajstić information content (AvgIpc) is 2.74. The molecule has 89 valence electrons. The van der Waals surface area contributed by atoms with E-state index in [1.54, 1.807) is 18.3 Å². The first-order valence-electron chi connectivity index (χ1n) is 5.59. The third-order valence-corrected chi connectivity index (χ3v) is 2.76. The first-order valence-corrected chi connectivity index (χ1v) is 5.59. The van der Waals surface area contributed by atoms with Gasteiger partial charge in [-0.05, 0) is 30.3 Å². The Morgan fingerprint density at radius 2 is 2.17 bits per heavy atom. The SMILES string of the molecule is Cn1[c]cc2cc(Oc3ccc(N)cn3)ccc21. The number of aromatic nitrogens is 2. The molecule has 0 fully saturated rings. The highest BCUT2D eigenvalue weighted by Crippen LogP contribution is 2.24. The van der Waals surface area contributed by atoms with Crippen LogP contribution in [0.3, 0.4) is 0 Å². The Morgan fingerprint density at radius 1 is 1.28 bits per heavy atom. The van der Waals surface area contributed by atoms with Gasteiger partial charge in [-0.1, -0.05) is 0 Å². The summed E-state index contributed by atoms with van der Waals surface area (Å²) in [5.74, 6) is 1.28. The van der Waals surface area contributed by atoms with Crippen LogP contribution in [0.25, 0.3) is 10.9 Å². The lowest BCUT2D eigenvalue weighted by molar-refractivity contribution is 0.464. The number of anilines is 1. The molecule has 0 bridgehead atoms.